The summed E-state index contributed by atoms with van der Waals surface area (Å²) in [5, 5.41) is 2.49. The van der Waals surface area contributed by atoms with Crippen molar-refractivity contribution in [1.29, 1.82) is 0 Å². The van der Waals surface area contributed by atoms with Crippen molar-refractivity contribution in [2.24, 2.45) is 0 Å². The first kappa shape index (κ1) is 26.0. The highest BCUT2D eigenvalue weighted by molar-refractivity contribution is 7.88. The molecule has 0 saturated carbocycles. The zero-order chi connectivity index (χ0) is 26.9. The minimum Gasteiger partial charge on any atom is -0.335 e. The second-order valence-electron chi connectivity index (χ2n) is 10.7. The number of benzene rings is 3. The highest BCUT2D eigenvalue weighted by Crippen LogP contribution is 2.33. The molecule has 9 heteroatoms. The molecule has 0 aliphatic carbocycles. The summed E-state index contributed by atoms with van der Waals surface area (Å²) in [7, 11) is -3.41. The molecule has 0 aromatic heterocycles. The molecule has 39 heavy (non-hydrogen) atoms. The van der Waals surface area contributed by atoms with Crippen LogP contribution in [0.25, 0.3) is 10.8 Å². The van der Waals surface area contributed by atoms with Gasteiger partial charge in [-0.3, -0.25) is 20.0 Å². The molecule has 3 aliphatic rings. The molecule has 6 rings (SSSR count). The van der Waals surface area contributed by atoms with Crippen LogP contribution in [0.15, 0.2) is 84.6 Å². The van der Waals surface area contributed by atoms with E-state index in [0.717, 1.165) is 25.2 Å². The lowest BCUT2D eigenvalue weighted by Crippen LogP contribution is -2.49. The van der Waals surface area contributed by atoms with Gasteiger partial charge in [0.15, 0.2) is 0 Å². The fourth-order valence-corrected chi connectivity index (χ4v) is 7.26. The van der Waals surface area contributed by atoms with Crippen LogP contribution in [0.4, 0.5) is 0 Å². The molecule has 3 aromatic carbocycles. The van der Waals surface area contributed by atoms with Gasteiger partial charge in [-0.15, -0.1) is 0 Å². The van der Waals surface area contributed by atoms with Crippen LogP contribution in [-0.4, -0.2) is 73.3 Å². The standard InChI is InChI=1S/C30H34N4O4S/c35-29(33-18-16-32(17-19-33)22-25-10-11-26-8-4-5-9-27(26)20-25)28-21-30(38-31-28)12-14-34(15-13-30)39(36,37)23-24-6-2-1-3-7-24/h1-11,20-21,31H,12-19,22-23H2. The lowest BCUT2D eigenvalue weighted by Gasteiger charge is -2.35. The predicted molar refractivity (Wildman–Crippen MR) is 151 cm³/mol. The molecule has 0 radical (unpaired) electrons. The van der Waals surface area contributed by atoms with Crippen molar-refractivity contribution in [1.82, 2.24) is 19.6 Å². The van der Waals surface area contributed by atoms with Gasteiger partial charge in [0.1, 0.15) is 11.3 Å². The minimum atomic E-state index is -3.41. The van der Waals surface area contributed by atoms with E-state index < -0.39 is 15.6 Å². The van der Waals surface area contributed by atoms with Crippen molar-refractivity contribution >= 4 is 26.7 Å². The Hall–Kier alpha value is -3.24. The van der Waals surface area contributed by atoms with Crippen molar-refractivity contribution in [3.05, 3.63) is 95.7 Å². The number of fused-ring (bicyclic) bond motifs is 1. The first-order valence-electron chi connectivity index (χ1n) is 13.6. The number of sulfonamides is 1. The van der Waals surface area contributed by atoms with Crippen molar-refractivity contribution in [3.8, 4) is 0 Å². The van der Waals surface area contributed by atoms with Gasteiger partial charge in [-0.05, 0) is 46.9 Å². The van der Waals surface area contributed by atoms with Gasteiger partial charge in [0.25, 0.3) is 5.91 Å². The molecule has 3 heterocycles. The average molecular weight is 547 g/mol. The number of piperazine rings is 1. The van der Waals surface area contributed by atoms with E-state index in [2.05, 4.69) is 52.8 Å². The Bertz CT molecular complexity index is 1480. The highest BCUT2D eigenvalue weighted by Gasteiger charge is 2.43. The van der Waals surface area contributed by atoms with Crippen LogP contribution in [0.2, 0.25) is 0 Å². The molecule has 3 aliphatic heterocycles. The molecule has 2 saturated heterocycles. The Morgan fingerprint density at radius 3 is 2.26 bits per heavy atom. The molecule has 1 amide bonds. The fourth-order valence-electron chi connectivity index (χ4n) is 5.72. The number of amides is 1. The van der Waals surface area contributed by atoms with E-state index in [4.69, 9.17) is 4.84 Å². The van der Waals surface area contributed by atoms with E-state index >= 15 is 0 Å². The summed E-state index contributed by atoms with van der Waals surface area (Å²) < 4.78 is 27.4. The van der Waals surface area contributed by atoms with Crippen LogP contribution >= 0.6 is 0 Å². The summed E-state index contributed by atoms with van der Waals surface area (Å²) in [4.78, 5) is 23.4. The third kappa shape index (κ3) is 5.72. The van der Waals surface area contributed by atoms with Crippen LogP contribution in [0.3, 0.4) is 0 Å². The van der Waals surface area contributed by atoms with E-state index in [9.17, 15) is 13.2 Å². The van der Waals surface area contributed by atoms with E-state index in [1.165, 1.54) is 20.6 Å². The third-order valence-corrected chi connectivity index (χ3v) is 9.89. The molecule has 0 unspecified atom stereocenters. The topological polar surface area (TPSA) is 82.2 Å². The van der Waals surface area contributed by atoms with Gasteiger partial charge in [-0.25, -0.2) is 12.7 Å². The molecular weight excluding hydrogens is 512 g/mol. The maximum atomic E-state index is 13.3. The predicted octanol–water partition coefficient (Wildman–Crippen LogP) is 3.27. The van der Waals surface area contributed by atoms with E-state index in [-0.39, 0.29) is 11.7 Å². The summed E-state index contributed by atoms with van der Waals surface area (Å²) in [6.07, 6.45) is 2.88. The first-order valence-corrected chi connectivity index (χ1v) is 15.2. The number of rotatable bonds is 6. The van der Waals surface area contributed by atoms with Gasteiger partial charge < -0.3 is 4.90 Å². The number of hydroxylamine groups is 1. The third-order valence-electron chi connectivity index (χ3n) is 8.04. The SMILES string of the molecule is O=C(C1=CC2(CCN(S(=O)(=O)Cc3ccccc3)CC2)ON1)N1CCN(Cc2ccc3ccccc3c2)CC1. The van der Waals surface area contributed by atoms with Crippen LogP contribution in [0.5, 0.6) is 0 Å². The van der Waals surface area contributed by atoms with Crippen LogP contribution in [0.1, 0.15) is 24.0 Å². The minimum absolute atomic E-state index is 0.00758. The summed E-state index contributed by atoms with van der Waals surface area (Å²) in [5.74, 6) is -0.0665. The number of hydrogen-bond donors (Lipinski definition) is 1. The average Bonchev–Trinajstić information content (AvgIpc) is 3.37. The highest BCUT2D eigenvalue weighted by atomic mass is 32.2. The van der Waals surface area contributed by atoms with Gasteiger partial charge in [0.05, 0.1) is 5.75 Å². The molecule has 0 bridgehead atoms. The zero-order valence-electron chi connectivity index (χ0n) is 22.0. The number of nitrogens with one attached hydrogen (secondary N) is 1. The number of piperidine rings is 1. The lowest BCUT2D eigenvalue weighted by molar-refractivity contribution is -0.131. The molecule has 2 fully saturated rings. The van der Waals surface area contributed by atoms with E-state index in [1.54, 1.807) is 0 Å². The van der Waals surface area contributed by atoms with Crippen LogP contribution in [-0.2, 0) is 32.0 Å². The number of nitrogens with zero attached hydrogens (tertiary/aromatic N) is 3. The summed E-state index contributed by atoms with van der Waals surface area (Å²) >= 11 is 0. The van der Waals surface area contributed by atoms with Gasteiger partial charge in [-0.2, -0.15) is 0 Å². The zero-order valence-corrected chi connectivity index (χ0v) is 22.8. The Morgan fingerprint density at radius 1 is 0.821 bits per heavy atom. The number of carbonyl (C=O) groups is 1. The Labute approximate surface area is 229 Å². The van der Waals surface area contributed by atoms with Gasteiger partial charge in [0, 0.05) is 45.8 Å². The van der Waals surface area contributed by atoms with Crippen molar-refractivity contribution in [2.75, 3.05) is 39.3 Å². The second kappa shape index (κ2) is 10.7. The van der Waals surface area contributed by atoms with Crippen LogP contribution in [0, 0.1) is 0 Å². The number of hydrogen-bond acceptors (Lipinski definition) is 6. The van der Waals surface area contributed by atoms with Crippen LogP contribution < -0.4 is 5.48 Å². The molecular formula is C30H34N4O4S. The smallest absolute Gasteiger partial charge is 0.272 e. The van der Waals surface area contributed by atoms with Crippen molar-refractivity contribution < 1.29 is 18.0 Å². The molecule has 1 spiro atoms. The first-order chi connectivity index (χ1) is 18.9. The van der Waals surface area contributed by atoms with E-state index in [1.807, 2.05) is 41.3 Å². The van der Waals surface area contributed by atoms with Gasteiger partial charge in [-0.1, -0.05) is 66.7 Å². The number of carbonyl (C=O) groups excluding carboxylic acids is 1. The molecule has 3 aromatic rings. The van der Waals surface area contributed by atoms with Crippen molar-refractivity contribution in [3.63, 3.8) is 0 Å². The summed E-state index contributed by atoms with van der Waals surface area (Å²) in [6, 6.07) is 24.2. The fraction of sp³-hybridized carbons (Fsp3) is 0.367. The quantitative estimate of drug-likeness (QED) is 0.511. The molecule has 8 nitrogen and oxygen atoms in total. The van der Waals surface area contributed by atoms with E-state index in [0.29, 0.717) is 44.7 Å². The second-order valence-corrected chi connectivity index (χ2v) is 12.7. The normalized spacial score (nSPS) is 20.2. The van der Waals surface area contributed by atoms with Gasteiger partial charge in [0.2, 0.25) is 10.0 Å². The monoisotopic (exact) mass is 546 g/mol. The molecule has 204 valence electrons. The Balaban J connectivity index is 1.01. The molecule has 1 N–H and O–H groups in total. The van der Waals surface area contributed by atoms with Crippen molar-refractivity contribution in [2.45, 2.75) is 30.7 Å². The summed E-state index contributed by atoms with van der Waals surface area (Å²) in [5.41, 5.74) is 4.73. The largest absolute Gasteiger partial charge is 0.335 e. The maximum absolute atomic E-state index is 13.3. The Kier molecular flexibility index (Phi) is 7.16. The summed E-state index contributed by atoms with van der Waals surface area (Å²) in [6.45, 7) is 4.53. The molecule has 0 atom stereocenters. The maximum Gasteiger partial charge on any atom is 0.272 e. The lowest BCUT2D eigenvalue weighted by atomic mass is 9.92. The Morgan fingerprint density at radius 2 is 1.51 bits per heavy atom. The van der Waals surface area contributed by atoms with Gasteiger partial charge >= 0.3 is 0 Å².